The third kappa shape index (κ3) is 5.09. The largest absolute Gasteiger partial charge is 0.493 e. The number of aromatic nitrogens is 2. The molecule has 4 rings (SSSR count). The van der Waals surface area contributed by atoms with E-state index in [2.05, 4.69) is 4.98 Å². The molecule has 3 aromatic carbocycles. The Morgan fingerprint density at radius 1 is 1.03 bits per heavy atom. The molecule has 0 atom stereocenters. The van der Waals surface area contributed by atoms with Gasteiger partial charge in [-0.05, 0) is 42.5 Å². The van der Waals surface area contributed by atoms with Gasteiger partial charge < -0.3 is 14.2 Å². The highest BCUT2D eigenvalue weighted by Gasteiger charge is 2.23. The lowest BCUT2D eigenvalue weighted by molar-refractivity contribution is -0.384. The number of non-ortho nitro benzene ring substituents is 1. The smallest absolute Gasteiger partial charge is 0.269 e. The van der Waals surface area contributed by atoms with Gasteiger partial charge in [0.25, 0.3) is 11.2 Å². The minimum absolute atomic E-state index is 0.0395. The van der Waals surface area contributed by atoms with E-state index in [1.807, 2.05) is 0 Å². The predicted octanol–water partition coefficient (Wildman–Crippen LogP) is 4.95. The van der Waals surface area contributed by atoms with Gasteiger partial charge in [0.2, 0.25) is 5.75 Å². The van der Waals surface area contributed by atoms with Crippen LogP contribution >= 0.6 is 23.4 Å². The van der Waals surface area contributed by atoms with Crippen LogP contribution in [0, 0.1) is 10.1 Å². The molecular weight excluding hydrogens is 522 g/mol. The van der Waals surface area contributed by atoms with Crippen molar-refractivity contribution in [3.8, 4) is 22.9 Å². The standard InChI is InChI=1S/C25H20ClN3O7S/c1-34-20-12-18-21(23(36-3)22(20)35-2)27-25(37-13-19(30)14-4-6-15(26)7-5-14)28(24(18)31)16-8-10-17(11-9-16)29(32)33/h4-12H,13H2,1-3H3. The van der Waals surface area contributed by atoms with E-state index in [4.69, 9.17) is 25.8 Å². The van der Waals surface area contributed by atoms with Gasteiger partial charge in [0.05, 0.1) is 43.1 Å². The normalized spacial score (nSPS) is 10.8. The Bertz CT molecular complexity index is 1550. The summed E-state index contributed by atoms with van der Waals surface area (Å²) in [6.45, 7) is 0. The maximum Gasteiger partial charge on any atom is 0.269 e. The minimum Gasteiger partial charge on any atom is -0.493 e. The van der Waals surface area contributed by atoms with Gasteiger partial charge in [-0.15, -0.1) is 0 Å². The number of ketones is 1. The number of benzene rings is 3. The Kier molecular flexibility index (Phi) is 7.65. The second kappa shape index (κ2) is 10.9. The van der Waals surface area contributed by atoms with Gasteiger partial charge in [0, 0.05) is 22.7 Å². The number of carbonyl (C=O) groups excluding carboxylic acids is 1. The van der Waals surface area contributed by atoms with Crippen molar-refractivity contribution in [3.05, 3.63) is 85.7 Å². The van der Waals surface area contributed by atoms with Crippen molar-refractivity contribution in [2.45, 2.75) is 5.16 Å². The first-order valence-corrected chi connectivity index (χ1v) is 12.1. The van der Waals surface area contributed by atoms with Gasteiger partial charge in [-0.1, -0.05) is 23.4 Å². The fraction of sp³-hybridized carbons (Fsp3) is 0.160. The van der Waals surface area contributed by atoms with Crippen molar-refractivity contribution in [1.82, 2.24) is 9.55 Å². The molecule has 190 valence electrons. The van der Waals surface area contributed by atoms with Crippen molar-refractivity contribution in [2.24, 2.45) is 0 Å². The number of carbonyl (C=O) groups is 1. The average Bonchev–Trinajstić information content (AvgIpc) is 2.91. The quantitative estimate of drug-likeness (QED) is 0.0951. The first-order chi connectivity index (χ1) is 17.8. The van der Waals surface area contributed by atoms with Crippen LogP contribution in [0.4, 0.5) is 5.69 Å². The molecule has 0 aliphatic heterocycles. The molecule has 0 saturated heterocycles. The zero-order chi connectivity index (χ0) is 26.7. The molecule has 1 heterocycles. The molecule has 0 aliphatic rings. The number of nitrogens with zero attached hydrogens (tertiary/aromatic N) is 3. The first-order valence-electron chi connectivity index (χ1n) is 10.7. The van der Waals surface area contributed by atoms with Crippen molar-refractivity contribution in [2.75, 3.05) is 27.1 Å². The maximum absolute atomic E-state index is 13.8. The number of thioether (sulfide) groups is 1. The van der Waals surface area contributed by atoms with Crippen LogP contribution in [0.1, 0.15) is 10.4 Å². The van der Waals surface area contributed by atoms with Gasteiger partial charge in [0.15, 0.2) is 22.4 Å². The molecule has 0 radical (unpaired) electrons. The van der Waals surface area contributed by atoms with Gasteiger partial charge in [-0.25, -0.2) is 4.98 Å². The minimum atomic E-state index is -0.534. The molecular formula is C25H20ClN3O7S. The summed E-state index contributed by atoms with van der Waals surface area (Å²) in [5.41, 5.74) is 0.376. The lowest BCUT2D eigenvalue weighted by Gasteiger charge is -2.17. The zero-order valence-electron chi connectivity index (χ0n) is 19.9. The molecule has 0 unspecified atom stereocenters. The number of methoxy groups -OCH3 is 3. The molecule has 0 spiro atoms. The van der Waals surface area contributed by atoms with E-state index in [1.54, 1.807) is 24.3 Å². The monoisotopic (exact) mass is 541 g/mol. The van der Waals surface area contributed by atoms with Gasteiger partial charge in [-0.3, -0.25) is 24.3 Å². The summed E-state index contributed by atoms with van der Waals surface area (Å²) in [5, 5.41) is 12.0. The lowest BCUT2D eigenvalue weighted by atomic mass is 10.1. The second-order valence-electron chi connectivity index (χ2n) is 7.57. The van der Waals surface area contributed by atoms with Crippen molar-refractivity contribution in [1.29, 1.82) is 0 Å². The average molecular weight is 542 g/mol. The molecule has 0 saturated carbocycles. The first kappa shape index (κ1) is 26.0. The number of nitro groups is 1. The van der Waals surface area contributed by atoms with Crippen LogP contribution in [0.5, 0.6) is 17.2 Å². The highest BCUT2D eigenvalue weighted by Crippen LogP contribution is 2.42. The van der Waals surface area contributed by atoms with Crippen molar-refractivity contribution in [3.63, 3.8) is 0 Å². The molecule has 37 heavy (non-hydrogen) atoms. The summed E-state index contributed by atoms with van der Waals surface area (Å²) in [4.78, 5) is 41.9. The zero-order valence-corrected chi connectivity index (χ0v) is 21.5. The highest BCUT2D eigenvalue weighted by atomic mass is 35.5. The Balaban J connectivity index is 1.90. The Labute approximate surface area is 219 Å². The summed E-state index contributed by atoms with van der Waals surface area (Å²) in [5.74, 6) is 0.466. The van der Waals surface area contributed by atoms with Crippen LogP contribution in [0.15, 0.2) is 64.5 Å². The van der Waals surface area contributed by atoms with Crippen LogP contribution in [0.2, 0.25) is 5.02 Å². The highest BCUT2D eigenvalue weighted by molar-refractivity contribution is 7.99. The third-order valence-corrected chi connectivity index (χ3v) is 6.64. The summed E-state index contributed by atoms with van der Waals surface area (Å²) in [6, 6.07) is 13.4. The van der Waals surface area contributed by atoms with E-state index >= 15 is 0 Å². The summed E-state index contributed by atoms with van der Waals surface area (Å²) < 4.78 is 17.6. The van der Waals surface area contributed by atoms with E-state index in [9.17, 15) is 19.7 Å². The van der Waals surface area contributed by atoms with Crippen molar-refractivity contribution >= 4 is 45.7 Å². The number of hydrogen-bond acceptors (Lipinski definition) is 9. The Morgan fingerprint density at radius 2 is 1.68 bits per heavy atom. The topological polar surface area (TPSA) is 123 Å². The maximum atomic E-state index is 13.8. The molecule has 12 heteroatoms. The number of halogens is 1. The van der Waals surface area contributed by atoms with Crippen LogP contribution in [-0.2, 0) is 0 Å². The molecule has 0 fully saturated rings. The fourth-order valence-corrected chi connectivity index (χ4v) is 4.69. The van der Waals surface area contributed by atoms with Gasteiger partial charge in [0.1, 0.15) is 5.52 Å². The SMILES string of the molecule is COc1cc2c(=O)n(-c3ccc([N+](=O)[O-])cc3)c(SCC(=O)c3ccc(Cl)cc3)nc2c(OC)c1OC. The van der Waals surface area contributed by atoms with Gasteiger partial charge >= 0.3 is 0 Å². The Morgan fingerprint density at radius 3 is 2.24 bits per heavy atom. The van der Waals surface area contributed by atoms with Crippen LogP contribution in [0.25, 0.3) is 16.6 Å². The molecule has 0 N–H and O–H groups in total. The van der Waals surface area contributed by atoms with E-state index in [1.165, 1.54) is 56.2 Å². The van der Waals surface area contributed by atoms with E-state index in [0.717, 1.165) is 11.8 Å². The Hall–Kier alpha value is -4.09. The number of Topliss-reactive ketones (excluding diaryl/α,β-unsaturated/α-hetero) is 1. The number of hydrogen-bond donors (Lipinski definition) is 0. The summed E-state index contributed by atoms with van der Waals surface area (Å²) in [6.07, 6.45) is 0. The lowest BCUT2D eigenvalue weighted by Crippen LogP contribution is -2.22. The summed E-state index contributed by atoms with van der Waals surface area (Å²) in [7, 11) is 4.28. The number of ether oxygens (including phenoxy) is 3. The molecule has 0 amide bonds. The number of fused-ring (bicyclic) bond motifs is 1. The van der Waals surface area contributed by atoms with Crippen LogP contribution < -0.4 is 19.8 Å². The third-order valence-electron chi connectivity index (χ3n) is 5.45. The van der Waals surface area contributed by atoms with E-state index < -0.39 is 10.5 Å². The van der Waals surface area contributed by atoms with Crippen LogP contribution in [-0.4, -0.2) is 47.3 Å². The van der Waals surface area contributed by atoms with Gasteiger partial charge in [-0.2, -0.15) is 0 Å². The van der Waals surface area contributed by atoms with Crippen LogP contribution in [0.3, 0.4) is 0 Å². The predicted molar refractivity (Wildman–Crippen MR) is 140 cm³/mol. The molecule has 10 nitrogen and oxygen atoms in total. The fourth-order valence-electron chi connectivity index (χ4n) is 3.67. The molecule has 1 aromatic heterocycles. The van der Waals surface area contributed by atoms with E-state index in [-0.39, 0.29) is 50.5 Å². The second-order valence-corrected chi connectivity index (χ2v) is 8.95. The number of rotatable bonds is 9. The molecule has 0 aliphatic carbocycles. The summed E-state index contributed by atoms with van der Waals surface area (Å²) >= 11 is 6.96. The van der Waals surface area contributed by atoms with Crippen molar-refractivity contribution < 1.29 is 23.9 Å². The molecule has 0 bridgehead atoms. The number of nitro benzene ring substituents is 1. The molecule has 4 aromatic rings. The van der Waals surface area contributed by atoms with E-state index in [0.29, 0.717) is 16.3 Å².